The first-order valence-electron chi connectivity index (χ1n) is 10.2. The van der Waals surface area contributed by atoms with Gasteiger partial charge in [0, 0.05) is 19.3 Å². The Morgan fingerprint density at radius 1 is 1.09 bits per heavy atom. The summed E-state index contributed by atoms with van der Waals surface area (Å²) in [7, 11) is -3.95. The molecule has 3 aliphatic heterocycles. The molecule has 34 heavy (non-hydrogen) atoms. The number of benzene rings is 1. The van der Waals surface area contributed by atoms with Crippen LogP contribution >= 0.6 is 0 Å². The molecule has 0 amide bonds. The van der Waals surface area contributed by atoms with Gasteiger partial charge < -0.3 is 30.2 Å². The van der Waals surface area contributed by atoms with Crippen molar-refractivity contribution in [2.75, 3.05) is 44.8 Å². The molecule has 2 aromatic rings. The Kier molecular flexibility index (Phi) is 5.20. The van der Waals surface area contributed by atoms with Crippen LogP contribution in [0.4, 0.5) is 19.0 Å². The van der Waals surface area contributed by atoms with E-state index in [-0.39, 0.29) is 72.9 Å². The van der Waals surface area contributed by atoms with E-state index in [1.54, 1.807) is 0 Å². The fourth-order valence-corrected chi connectivity index (χ4v) is 5.68. The predicted molar refractivity (Wildman–Crippen MR) is 113 cm³/mol. The van der Waals surface area contributed by atoms with Crippen molar-refractivity contribution in [1.82, 2.24) is 9.29 Å². The van der Waals surface area contributed by atoms with Crippen molar-refractivity contribution < 1.29 is 35.8 Å². The molecule has 1 saturated heterocycles. The summed E-state index contributed by atoms with van der Waals surface area (Å²) in [5.74, 6) is -2.43. The number of sulfonamides is 1. The van der Waals surface area contributed by atoms with E-state index in [4.69, 9.17) is 25.7 Å². The van der Waals surface area contributed by atoms with E-state index in [9.17, 15) is 21.6 Å². The molecule has 1 aromatic carbocycles. The first kappa shape index (κ1) is 22.8. The van der Waals surface area contributed by atoms with E-state index in [0.717, 1.165) is 6.20 Å². The second-order valence-corrected chi connectivity index (χ2v) is 9.73. The highest BCUT2D eigenvalue weighted by molar-refractivity contribution is 7.89. The molecular formula is C19H21F3N6O5S. The number of rotatable bonds is 3. The lowest BCUT2D eigenvalue weighted by Gasteiger charge is -2.35. The number of halogens is 3. The summed E-state index contributed by atoms with van der Waals surface area (Å²) in [6.45, 7) is 1.08. The zero-order chi connectivity index (χ0) is 24.3. The molecule has 0 spiro atoms. The number of nitrogens with zero attached hydrogens (tertiary/aromatic N) is 2. The number of morpholine rings is 1. The van der Waals surface area contributed by atoms with Crippen molar-refractivity contribution in [2.24, 2.45) is 16.5 Å². The minimum atomic E-state index is -4.66. The lowest BCUT2D eigenvalue weighted by atomic mass is 10.0. The van der Waals surface area contributed by atoms with Gasteiger partial charge in [0.2, 0.25) is 15.8 Å². The van der Waals surface area contributed by atoms with Gasteiger partial charge in [0.05, 0.1) is 29.9 Å². The summed E-state index contributed by atoms with van der Waals surface area (Å²) in [4.78, 5) is 6.46. The standard InChI is InChI=1S/C19H21F3N6O5S/c20-18(21,22)11-9-25-17-13(11)16(23)26-19(24,27-17)10-1-2-12(15-14(10)32-7-8-33-15)34(29,30)28-3-5-31-6-4-28/h1-2,9,25,27H,3-8,24H2,(H2,23,26). The fraction of sp³-hybridized carbons (Fsp3) is 0.421. The topological polar surface area (TPSA) is 157 Å². The Labute approximate surface area is 191 Å². The van der Waals surface area contributed by atoms with Crippen LogP contribution in [0.15, 0.2) is 28.2 Å². The molecule has 3 aliphatic rings. The molecule has 1 unspecified atom stereocenters. The number of aliphatic imine (C=N–C) groups is 1. The number of amidine groups is 1. The highest BCUT2D eigenvalue weighted by Gasteiger charge is 2.44. The summed E-state index contributed by atoms with van der Waals surface area (Å²) < 4.78 is 84.5. The molecule has 0 radical (unpaired) electrons. The molecule has 0 saturated carbocycles. The van der Waals surface area contributed by atoms with Crippen molar-refractivity contribution in [2.45, 2.75) is 16.9 Å². The minimum Gasteiger partial charge on any atom is -0.486 e. The molecule has 4 heterocycles. The van der Waals surface area contributed by atoms with Crippen molar-refractivity contribution in [3.8, 4) is 11.5 Å². The number of H-pyrrole nitrogens is 1. The Morgan fingerprint density at radius 2 is 1.76 bits per heavy atom. The van der Waals surface area contributed by atoms with E-state index in [1.807, 2.05) is 0 Å². The number of aromatic amines is 1. The maximum Gasteiger partial charge on any atom is 0.418 e. The molecule has 5 rings (SSSR count). The second kappa shape index (κ2) is 7.76. The maximum absolute atomic E-state index is 13.3. The number of hydrogen-bond acceptors (Lipinski definition) is 9. The molecule has 0 bridgehead atoms. The Bertz CT molecular complexity index is 1270. The number of alkyl halides is 3. The average Bonchev–Trinajstić information content (AvgIpc) is 3.23. The average molecular weight is 502 g/mol. The van der Waals surface area contributed by atoms with Crippen molar-refractivity contribution in [1.29, 1.82) is 0 Å². The van der Waals surface area contributed by atoms with E-state index in [1.165, 1.54) is 16.4 Å². The molecule has 1 aromatic heterocycles. The summed E-state index contributed by atoms with van der Waals surface area (Å²) in [5.41, 5.74) is 11.1. The van der Waals surface area contributed by atoms with Gasteiger partial charge in [0.1, 0.15) is 29.8 Å². The van der Waals surface area contributed by atoms with Crippen LogP contribution in [0.3, 0.4) is 0 Å². The fourth-order valence-electron chi connectivity index (χ4n) is 4.14. The van der Waals surface area contributed by atoms with Crippen LogP contribution in [0.2, 0.25) is 0 Å². The van der Waals surface area contributed by atoms with E-state index in [0.29, 0.717) is 0 Å². The third kappa shape index (κ3) is 3.55. The monoisotopic (exact) mass is 502 g/mol. The zero-order valence-corrected chi connectivity index (χ0v) is 18.4. The van der Waals surface area contributed by atoms with Gasteiger partial charge in [0.15, 0.2) is 11.5 Å². The third-order valence-corrected chi connectivity index (χ3v) is 7.63. The molecule has 15 heteroatoms. The van der Waals surface area contributed by atoms with Crippen LogP contribution in [-0.2, 0) is 26.7 Å². The maximum atomic E-state index is 13.3. The van der Waals surface area contributed by atoms with Crippen molar-refractivity contribution in [3.05, 3.63) is 35.0 Å². The van der Waals surface area contributed by atoms with Gasteiger partial charge in [-0.1, -0.05) is 0 Å². The number of nitrogens with one attached hydrogen (secondary N) is 2. The first-order chi connectivity index (χ1) is 16.0. The van der Waals surface area contributed by atoms with Gasteiger partial charge in [-0.3, -0.25) is 5.73 Å². The highest BCUT2D eigenvalue weighted by atomic mass is 32.2. The number of nitrogens with two attached hydrogens (primary N) is 2. The smallest absolute Gasteiger partial charge is 0.418 e. The molecule has 0 aliphatic carbocycles. The lowest BCUT2D eigenvalue weighted by molar-refractivity contribution is -0.137. The number of anilines is 1. The van der Waals surface area contributed by atoms with Crippen molar-refractivity contribution in [3.63, 3.8) is 0 Å². The lowest BCUT2D eigenvalue weighted by Crippen LogP contribution is -2.48. The van der Waals surface area contributed by atoms with Gasteiger partial charge in [-0.05, 0) is 12.1 Å². The van der Waals surface area contributed by atoms with Crippen LogP contribution in [-0.4, -0.2) is 63.1 Å². The SMILES string of the molecule is NC1=NC(N)(c2ccc(S(=O)(=O)N3CCOCC3)c3c2OCCO3)Nc2[nH]cc(C(F)(F)F)c21. The third-order valence-electron chi connectivity index (χ3n) is 5.70. The van der Waals surface area contributed by atoms with E-state index in [2.05, 4.69) is 15.3 Å². The van der Waals surface area contributed by atoms with Crippen LogP contribution in [0.1, 0.15) is 16.7 Å². The van der Waals surface area contributed by atoms with Crippen LogP contribution < -0.4 is 26.3 Å². The quantitative estimate of drug-likeness (QED) is 0.478. The van der Waals surface area contributed by atoms with Crippen molar-refractivity contribution >= 4 is 21.7 Å². The number of hydrogen-bond donors (Lipinski definition) is 4. The Balaban J connectivity index is 1.60. The Hall–Kier alpha value is -3.01. The van der Waals surface area contributed by atoms with Gasteiger partial charge in [-0.25, -0.2) is 13.4 Å². The predicted octanol–water partition coefficient (Wildman–Crippen LogP) is 0.726. The molecule has 1 atom stereocenters. The van der Waals surface area contributed by atoms with Gasteiger partial charge in [0.25, 0.3) is 0 Å². The first-order valence-corrected chi connectivity index (χ1v) is 11.7. The normalized spacial score (nSPS) is 23.1. The number of fused-ring (bicyclic) bond motifs is 2. The van der Waals surface area contributed by atoms with Crippen LogP contribution in [0.5, 0.6) is 11.5 Å². The molecular weight excluding hydrogens is 481 g/mol. The molecule has 1 fully saturated rings. The molecule has 11 nitrogen and oxygen atoms in total. The van der Waals surface area contributed by atoms with Gasteiger partial charge >= 0.3 is 6.18 Å². The summed E-state index contributed by atoms with van der Waals surface area (Å²) >= 11 is 0. The summed E-state index contributed by atoms with van der Waals surface area (Å²) in [6, 6.07) is 2.68. The number of ether oxygens (including phenoxy) is 3. The molecule has 184 valence electrons. The van der Waals surface area contributed by atoms with Gasteiger partial charge in [-0.2, -0.15) is 17.5 Å². The highest BCUT2D eigenvalue weighted by Crippen LogP contribution is 2.46. The van der Waals surface area contributed by atoms with Gasteiger partial charge in [-0.15, -0.1) is 0 Å². The van der Waals surface area contributed by atoms with E-state index < -0.39 is 33.4 Å². The zero-order valence-electron chi connectivity index (χ0n) is 17.6. The van der Waals surface area contributed by atoms with E-state index >= 15 is 0 Å². The minimum absolute atomic E-state index is 0.0122. The summed E-state index contributed by atoms with van der Waals surface area (Å²) in [6.07, 6.45) is -3.90. The molecule has 6 N–H and O–H groups in total. The Morgan fingerprint density at radius 3 is 2.44 bits per heavy atom. The van der Waals surface area contributed by atoms with Crippen LogP contribution in [0, 0.1) is 0 Å². The van der Waals surface area contributed by atoms with Crippen LogP contribution in [0.25, 0.3) is 0 Å². The summed E-state index contributed by atoms with van der Waals surface area (Å²) in [5, 5.41) is 2.73. The largest absolute Gasteiger partial charge is 0.486 e. The second-order valence-electron chi connectivity index (χ2n) is 7.82. The number of aromatic nitrogens is 1.